The van der Waals surface area contributed by atoms with E-state index in [1.165, 1.54) is 6.08 Å². The van der Waals surface area contributed by atoms with Gasteiger partial charge < -0.3 is 4.90 Å². The molecule has 3 nitrogen and oxygen atoms in total. The second-order valence-electron chi connectivity index (χ2n) is 4.02. The molecule has 0 saturated heterocycles. The zero-order valence-corrected chi connectivity index (χ0v) is 12.7. The van der Waals surface area contributed by atoms with Crippen LogP contribution in [0, 0.1) is 0 Å². The molecule has 20 heavy (non-hydrogen) atoms. The Kier molecular flexibility index (Phi) is 5.83. The third-order valence-electron chi connectivity index (χ3n) is 2.63. The van der Waals surface area contributed by atoms with Gasteiger partial charge in [-0.25, -0.2) is 4.98 Å². The van der Waals surface area contributed by atoms with E-state index >= 15 is 0 Å². The van der Waals surface area contributed by atoms with Crippen LogP contribution in [-0.4, -0.2) is 23.2 Å². The van der Waals surface area contributed by atoms with Crippen LogP contribution in [-0.2, 0) is 4.79 Å². The third kappa shape index (κ3) is 4.21. The molecule has 0 unspecified atom stereocenters. The maximum atomic E-state index is 11.9. The summed E-state index contributed by atoms with van der Waals surface area (Å²) in [6.45, 7) is 4.27. The van der Waals surface area contributed by atoms with E-state index in [0.29, 0.717) is 6.54 Å². The highest BCUT2D eigenvalue weighted by Gasteiger charge is 2.13. The lowest BCUT2D eigenvalue weighted by molar-refractivity contribution is -0.114. The first kappa shape index (κ1) is 14.8. The Morgan fingerprint density at radius 3 is 2.95 bits per heavy atom. The van der Waals surface area contributed by atoms with E-state index in [0.717, 1.165) is 22.2 Å². The lowest BCUT2D eigenvalue weighted by Gasteiger charge is -2.19. The van der Waals surface area contributed by atoms with Crippen LogP contribution in [0.3, 0.4) is 0 Å². The molecule has 0 bridgehead atoms. The number of anilines is 1. The van der Waals surface area contributed by atoms with Crippen molar-refractivity contribution in [2.24, 2.45) is 0 Å². The minimum Gasteiger partial charge on any atom is -0.300 e. The zero-order chi connectivity index (χ0) is 14.2. The summed E-state index contributed by atoms with van der Waals surface area (Å²) >= 11 is 3.27. The van der Waals surface area contributed by atoms with E-state index in [1.807, 2.05) is 35.7 Å². The average molecular weight is 304 g/mol. The van der Waals surface area contributed by atoms with Crippen LogP contribution in [0.1, 0.15) is 6.42 Å². The number of hydrogen-bond donors (Lipinski definition) is 0. The molecule has 0 aliphatic heterocycles. The molecule has 2 aromatic rings. The third-order valence-corrected chi connectivity index (χ3v) is 4.55. The normalized spacial score (nSPS) is 10.2. The molecule has 0 aromatic carbocycles. The highest BCUT2D eigenvalue weighted by atomic mass is 32.2. The number of amides is 1. The van der Waals surface area contributed by atoms with E-state index < -0.39 is 0 Å². The number of thioether (sulfide) groups is 1. The number of carbonyl (C=O) groups is 1. The van der Waals surface area contributed by atoms with Crippen molar-refractivity contribution in [3.63, 3.8) is 0 Å². The number of carbonyl (C=O) groups excluding carboxylic acids is 1. The van der Waals surface area contributed by atoms with Crippen molar-refractivity contribution < 1.29 is 4.79 Å². The zero-order valence-electron chi connectivity index (χ0n) is 11.1. The van der Waals surface area contributed by atoms with Crippen LogP contribution in [0.4, 0.5) is 5.00 Å². The molecule has 104 valence electrons. The van der Waals surface area contributed by atoms with Gasteiger partial charge in [-0.15, -0.1) is 23.1 Å². The smallest absolute Gasteiger partial charge is 0.250 e. The van der Waals surface area contributed by atoms with Crippen LogP contribution in [0.25, 0.3) is 0 Å². The number of thiophene rings is 1. The first-order valence-corrected chi connectivity index (χ1v) is 8.19. The van der Waals surface area contributed by atoms with Gasteiger partial charge in [0.1, 0.15) is 0 Å². The summed E-state index contributed by atoms with van der Waals surface area (Å²) in [7, 11) is 0. The van der Waals surface area contributed by atoms with Crippen LogP contribution >= 0.6 is 23.1 Å². The van der Waals surface area contributed by atoms with Crippen LogP contribution < -0.4 is 4.90 Å². The largest absolute Gasteiger partial charge is 0.300 e. The second-order valence-corrected chi connectivity index (χ2v) is 6.06. The van der Waals surface area contributed by atoms with Gasteiger partial charge in [0.15, 0.2) is 0 Å². The summed E-state index contributed by atoms with van der Waals surface area (Å²) in [6.07, 6.45) is 4.08. The molecule has 2 aromatic heterocycles. The molecule has 0 aliphatic rings. The molecule has 5 heteroatoms. The molecule has 0 radical (unpaired) electrons. The molecule has 2 heterocycles. The molecule has 0 atom stereocenters. The summed E-state index contributed by atoms with van der Waals surface area (Å²) in [5.41, 5.74) is 0. The molecule has 1 amide bonds. The van der Waals surface area contributed by atoms with Crippen molar-refractivity contribution in [2.45, 2.75) is 11.4 Å². The predicted octanol–water partition coefficient (Wildman–Crippen LogP) is 3.84. The summed E-state index contributed by atoms with van der Waals surface area (Å²) in [4.78, 5) is 17.9. The molecule has 0 N–H and O–H groups in total. The number of aromatic nitrogens is 1. The second kappa shape index (κ2) is 7.87. The Balaban J connectivity index is 1.84. The Morgan fingerprint density at radius 1 is 1.40 bits per heavy atom. The van der Waals surface area contributed by atoms with Crippen molar-refractivity contribution in [3.05, 3.63) is 54.6 Å². The SMILES string of the molecule is C=CC(=O)N(CCCSc1ccccn1)c1cccs1. The van der Waals surface area contributed by atoms with Crippen molar-refractivity contribution >= 4 is 34.0 Å². The van der Waals surface area contributed by atoms with Crippen LogP contribution in [0.15, 0.2) is 59.6 Å². The monoisotopic (exact) mass is 304 g/mol. The van der Waals surface area contributed by atoms with Gasteiger partial charge in [-0.05, 0) is 42.1 Å². The van der Waals surface area contributed by atoms with E-state index in [9.17, 15) is 4.79 Å². The quantitative estimate of drug-likeness (QED) is 0.442. The standard InChI is InChI=1S/C15H16N2OS2/c1-2-14(18)17(15-8-5-11-20-15)10-6-12-19-13-7-3-4-9-16-13/h2-5,7-9,11H,1,6,10,12H2. The summed E-state index contributed by atoms with van der Waals surface area (Å²) in [5.74, 6) is 0.888. The number of nitrogens with zero attached hydrogens (tertiary/aromatic N) is 2. The van der Waals surface area contributed by atoms with Crippen molar-refractivity contribution in [3.8, 4) is 0 Å². The minimum atomic E-state index is -0.0460. The Bertz CT molecular complexity index is 540. The van der Waals surface area contributed by atoms with E-state index in [1.54, 1.807) is 34.2 Å². The highest BCUT2D eigenvalue weighted by Crippen LogP contribution is 2.23. The molecular formula is C15H16N2OS2. The maximum absolute atomic E-state index is 11.9. The number of pyridine rings is 1. The fourth-order valence-electron chi connectivity index (χ4n) is 1.69. The average Bonchev–Trinajstić information content (AvgIpc) is 3.01. The van der Waals surface area contributed by atoms with Crippen molar-refractivity contribution in [1.82, 2.24) is 4.98 Å². The first-order chi connectivity index (χ1) is 9.81. The van der Waals surface area contributed by atoms with Gasteiger partial charge in [-0.2, -0.15) is 0 Å². The van der Waals surface area contributed by atoms with Gasteiger partial charge in [0.25, 0.3) is 5.91 Å². The van der Waals surface area contributed by atoms with Gasteiger partial charge in [0.05, 0.1) is 10.0 Å². The summed E-state index contributed by atoms with van der Waals surface area (Å²) in [5, 5.41) is 3.96. The maximum Gasteiger partial charge on any atom is 0.250 e. The van der Waals surface area contributed by atoms with Gasteiger partial charge in [-0.1, -0.05) is 12.6 Å². The van der Waals surface area contributed by atoms with Crippen molar-refractivity contribution in [2.75, 3.05) is 17.2 Å². The lowest BCUT2D eigenvalue weighted by Crippen LogP contribution is -2.29. The van der Waals surface area contributed by atoms with E-state index in [4.69, 9.17) is 0 Å². The van der Waals surface area contributed by atoms with E-state index in [-0.39, 0.29) is 5.91 Å². The highest BCUT2D eigenvalue weighted by molar-refractivity contribution is 7.99. The lowest BCUT2D eigenvalue weighted by atomic mass is 10.4. The summed E-state index contributed by atoms with van der Waals surface area (Å²) < 4.78 is 0. The number of hydrogen-bond acceptors (Lipinski definition) is 4. The van der Waals surface area contributed by atoms with Gasteiger partial charge in [-0.3, -0.25) is 4.79 Å². The first-order valence-electron chi connectivity index (χ1n) is 6.32. The molecule has 2 rings (SSSR count). The van der Waals surface area contributed by atoms with Crippen LogP contribution in [0.5, 0.6) is 0 Å². The Hall–Kier alpha value is -1.59. The summed E-state index contributed by atoms with van der Waals surface area (Å²) in [6, 6.07) is 9.79. The van der Waals surface area contributed by atoms with Crippen LogP contribution in [0.2, 0.25) is 0 Å². The number of rotatable bonds is 7. The molecule has 0 aliphatic carbocycles. The minimum absolute atomic E-state index is 0.0460. The van der Waals surface area contributed by atoms with Gasteiger partial charge in [0, 0.05) is 18.5 Å². The van der Waals surface area contributed by atoms with E-state index in [2.05, 4.69) is 11.6 Å². The van der Waals surface area contributed by atoms with Gasteiger partial charge in [0.2, 0.25) is 0 Å². The van der Waals surface area contributed by atoms with Crippen molar-refractivity contribution in [1.29, 1.82) is 0 Å². The molecule has 0 fully saturated rings. The fourth-order valence-corrected chi connectivity index (χ4v) is 3.25. The topological polar surface area (TPSA) is 33.2 Å². The molecular weight excluding hydrogens is 288 g/mol. The predicted molar refractivity (Wildman–Crippen MR) is 86.4 cm³/mol. The Morgan fingerprint density at radius 2 is 2.30 bits per heavy atom. The Labute approximate surface area is 127 Å². The fraction of sp³-hybridized carbons (Fsp3) is 0.200. The molecule has 0 spiro atoms. The molecule has 0 saturated carbocycles. The van der Waals surface area contributed by atoms with Gasteiger partial charge >= 0.3 is 0 Å².